The second-order valence-electron chi connectivity index (χ2n) is 8.23. The van der Waals surface area contributed by atoms with Gasteiger partial charge in [0.1, 0.15) is 5.54 Å². The second kappa shape index (κ2) is 8.87. The Morgan fingerprint density at radius 2 is 1.81 bits per heavy atom. The summed E-state index contributed by atoms with van der Waals surface area (Å²) in [4.78, 5) is 19.9. The third-order valence-corrected chi connectivity index (χ3v) is 6.14. The zero-order valence-electron chi connectivity index (χ0n) is 16.6. The molecule has 0 saturated heterocycles. The van der Waals surface area contributed by atoms with Crippen LogP contribution in [-0.4, -0.2) is 22.3 Å². The number of carbonyl (C=O) groups is 1. The normalized spacial score (nSPS) is 23.7. The first kappa shape index (κ1) is 19.9. The molecule has 1 atom stereocenters. The summed E-state index contributed by atoms with van der Waals surface area (Å²) < 4.78 is 0. The minimum atomic E-state index is -0.640. The summed E-state index contributed by atoms with van der Waals surface area (Å²) in [5, 5.41) is 0. The van der Waals surface area contributed by atoms with Crippen LogP contribution in [0.3, 0.4) is 0 Å². The summed E-state index contributed by atoms with van der Waals surface area (Å²) in [6, 6.07) is 8.07. The van der Waals surface area contributed by atoms with Crippen LogP contribution in [0.1, 0.15) is 75.8 Å². The number of amides is 1. The first-order chi connectivity index (χ1) is 13.1. The second-order valence-corrected chi connectivity index (χ2v) is 8.23. The van der Waals surface area contributed by atoms with Crippen molar-refractivity contribution in [1.82, 2.24) is 4.90 Å². The number of nitrogens with two attached hydrogens (primary N) is 2. The Hall–Kier alpha value is -1.88. The standard InChI is InChI=1S/C22H34N4O/c1-2-3-13-22(14-17-7-5-4-6-8-17)20(27)26(21(24)25-22)16-19-11-9-18(15-23)10-12-19/h9-12,17H,2-8,13-16,23H2,1H3,(H2,24,25). The van der Waals surface area contributed by atoms with E-state index in [-0.39, 0.29) is 5.91 Å². The maximum absolute atomic E-state index is 13.5. The van der Waals surface area contributed by atoms with Gasteiger partial charge in [0.15, 0.2) is 5.96 Å². The maximum atomic E-state index is 13.5. The van der Waals surface area contributed by atoms with Gasteiger partial charge in [0.05, 0.1) is 6.54 Å². The lowest BCUT2D eigenvalue weighted by molar-refractivity contribution is -0.132. The number of carbonyl (C=O) groups excluding carboxylic acids is 1. The molecule has 0 bridgehead atoms. The van der Waals surface area contributed by atoms with Gasteiger partial charge in [0.25, 0.3) is 5.91 Å². The lowest BCUT2D eigenvalue weighted by atomic mass is 9.77. The van der Waals surface area contributed by atoms with Gasteiger partial charge < -0.3 is 11.5 Å². The van der Waals surface area contributed by atoms with Crippen LogP contribution in [0, 0.1) is 5.92 Å². The molecule has 1 aliphatic carbocycles. The van der Waals surface area contributed by atoms with Gasteiger partial charge in [-0.15, -0.1) is 0 Å². The van der Waals surface area contributed by atoms with Gasteiger partial charge in [-0.25, -0.2) is 4.99 Å². The highest BCUT2D eigenvalue weighted by atomic mass is 16.2. The van der Waals surface area contributed by atoms with Gasteiger partial charge in [-0.1, -0.05) is 76.1 Å². The third kappa shape index (κ3) is 4.52. The Bertz CT molecular complexity index is 663. The highest BCUT2D eigenvalue weighted by Crippen LogP contribution is 2.39. The molecule has 0 aromatic heterocycles. The highest BCUT2D eigenvalue weighted by molar-refractivity contribution is 6.06. The molecule has 5 nitrogen and oxygen atoms in total. The molecule has 0 spiro atoms. The number of hydrogen-bond acceptors (Lipinski definition) is 4. The van der Waals surface area contributed by atoms with Crippen LogP contribution < -0.4 is 11.5 Å². The molecule has 1 aromatic rings. The first-order valence-electron chi connectivity index (χ1n) is 10.5. The van der Waals surface area contributed by atoms with Gasteiger partial charge in [0.2, 0.25) is 0 Å². The minimum absolute atomic E-state index is 0.0990. The molecule has 5 heteroatoms. The quantitative estimate of drug-likeness (QED) is 0.731. The summed E-state index contributed by atoms with van der Waals surface area (Å²) in [6.07, 6.45) is 10.1. The number of rotatable bonds is 8. The SMILES string of the molecule is CCCCC1(CC2CCCCC2)N=C(N)N(Cc2ccc(CN)cc2)C1=O. The molecule has 148 valence electrons. The molecule has 3 rings (SSSR count). The van der Waals surface area contributed by atoms with Crippen molar-refractivity contribution in [3.05, 3.63) is 35.4 Å². The third-order valence-electron chi connectivity index (χ3n) is 6.14. The zero-order chi connectivity index (χ0) is 19.3. The molecule has 4 N–H and O–H groups in total. The molecule has 1 aliphatic heterocycles. The molecule has 1 fully saturated rings. The summed E-state index contributed by atoms with van der Waals surface area (Å²) in [7, 11) is 0. The Balaban J connectivity index is 1.76. The molecule has 1 saturated carbocycles. The van der Waals surface area contributed by atoms with Crippen molar-refractivity contribution in [2.75, 3.05) is 0 Å². The topological polar surface area (TPSA) is 84.7 Å². The van der Waals surface area contributed by atoms with Crippen LogP contribution in [0.15, 0.2) is 29.3 Å². The average Bonchev–Trinajstić information content (AvgIpc) is 2.92. The maximum Gasteiger partial charge on any atom is 0.257 e. The van der Waals surface area contributed by atoms with Crippen LogP contribution in [0.5, 0.6) is 0 Å². The van der Waals surface area contributed by atoms with E-state index in [2.05, 4.69) is 6.92 Å². The van der Waals surface area contributed by atoms with Crippen LogP contribution in [-0.2, 0) is 17.9 Å². The fraction of sp³-hybridized carbons (Fsp3) is 0.636. The number of nitrogens with zero attached hydrogens (tertiary/aromatic N) is 2. The fourth-order valence-corrected chi connectivity index (χ4v) is 4.53. The molecule has 27 heavy (non-hydrogen) atoms. The lowest BCUT2D eigenvalue weighted by Gasteiger charge is -2.32. The molecule has 2 aliphatic rings. The molecular formula is C22H34N4O. The Morgan fingerprint density at radius 1 is 1.15 bits per heavy atom. The monoisotopic (exact) mass is 370 g/mol. The largest absolute Gasteiger partial charge is 0.369 e. The van der Waals surface area contributed by atoms with E-state index in [1.165, 1.54) is 32.1 Å². The van der Waals surface area contributed by atoms with E-state index in [1.807, 2.05) is 24.3 Å². The Morgan fingerprint density at radius 3 is 2.44 bits per heavy atom. The van der Waals surface area contributed by atoms with Gasteiger partial charge >= 0.3 is 0 Å². The number of aliphatic imine (C=N–C) groups is 1. The first-order valence-corrected chi connectivity index (χ1v) is 10.5. The van der Waals surface area contributed by atoms with Gasteiger partial charge in [-0.2, -0.15) is 0 Å². The predicted octanol–water partition coefficient (Wildman–Crippen LogP) is 3.70. The van der Waals surface area contributed by atoms with Gasteiger partial charge in [-0.05, 0) is 29.9 Å². The van der Waals surface area contributed by atoms with Crippen molar-refractivity contribution >= 4 is 11.9 Å². The fourth-order valence-electron chi connectivity index (χ4n) is 4.53. The van der Waals surface area contributed by atoms with E-state index in [4.69, 9.17) is 16.5 Å². The molecule has 1 heterocycles. The van der Waals surface area contributed by atoms with Crippen molar-refractivity contribution in [2.45, 2.75) is 83.3 Å². The van der Waals surface area contributed by atoms with Crippen LogP contribution in [0.4, 0.5) is 0 Å². The summed E-state index contributed by atoms with van der Waals surface area (Å²) in [5.41, 5.74) is 13.4. The van der Waals surface area contributed by atoms with Crippen molar-refractivity contribution in [3.8, 4) is 0 Å². The molecule has 1 unspecified atom stereocenters. The Labute approximate surface area is 163 Å². The number of hydrogen-bond donors (Lipinski definition) is 2. The van der Waals surface area contributed by atoms with E-state index in [9.17, 15) is 4.79 Å². The molecule has 0 radical (unpaired) electrons. The van der Waals surface area contributed by atoms with Crippen LogP contribution in [0.2, 0.25) is 0 Å². The highest BCUT2D eigenvalue weighted by Gasteiger charge is 2.48. The Kier molecular flexibility index (Phi) is 6.53. The van der Waals surface area contributed by atoms with E-state index in [0.717, 1.165) is 36.8 Å². The molecule has 1 amide bonds. The van der Waals surface area contributed by atoms with E-state index in [0.29, 0.717) is 25.0 Å². The average molecular weight is 371 g/mol. The van der Waals surface area contributed by atoms with Gasteiger partial charge in [-0.3, -0.25) is 9.69 Å². The molecular weight excluding hydrogens is 336 g/mol. The minimum Gasteiger partial charge on any atom is -0.369 e. The van der Waals surface area contributed by atoms with E-state index < -0.39 is 5.54 Å². The zero-order valence-corrected chi connectivity index (χ0v) is 16.6. The number of unbranched alkanes of at least 4 members (excludes halogenated alkanes) is 1. The van der Waals surface area contributed by atoms with Crippen molar-refractivity contribution in [3.63, 3.8) is 0 Å². The molecule has 1 aromatic carbocycles. The van der Waals surface area contributed by atoms with Crippen molar-refractivity contribution < 1.29 is 4.79 Å². The smallest absolute Gasteiger partial charge is 0.257 e. The summed E-state index contributed by atoms with van der Waals surface area (Å²) >= 11 is 0. The van der Waals surface area contributed by atoms with E-state index >= 15 is 0 Å². The number of guanidine groups is 1. The lowest BCUT2D eigenvalue weighted by Crippen LogP contribution is -2.45. The van der Waals surface area contributed by atoms with Crippen molar-refractivity contribution in [2.24, 2.45) is 22.4 Å². The summed E-state index contributed by atoms with van der Waals surface area (Å²) in [5.74, 6) is 1.08. The van der Waals surface area contributed by atoms with Crippen molar-refractivity contribution in [1.29, 1.82) is 0 Å². The summed E-state index contributed by atoms with van der Waals surface area (Å²) in [6.45, 7) is 3.17. The predicted molar refractivity (Wildman–Crippen MR) is 110 cm³/mol. The van der Waals surface area contributed by atoms with E-state index in [1.54, 1.807) is 4.90 Å². The van der Waals surface area contributed by atoms with Crippen LogP contribution in [0.25, 0.3) is 0 Å². The number of benzene rings is 1. The van der Waals surface area contributed by atoms with Gasteiger partial charge in [0, 0.05) is 6.54 Å². The van der Waals surface area contributed by atoms with Crippen LogP contribution >= 0.6 is 0 Å².